The highest BCUT2D eigenvalue weighted by Gasteiger charge is 2.10. The van der Waals surface area contributed by atoms with E-state index in [2.05, 4.69) is 18.7 Å². The van der Waals surface area contributed by atoms with Crippen molar-refractivity contribution in [1.82, 2.24) is 4.90 Å². The molecular weight excluding hydrogens is 229 g/mol. The van der Waals surface area contributed by atoms with Crippen molar-refractivity contribution in [3.63, 3.8) is 0 Å². The number of aliphatic hydroxyl groups excluding tert-OH is 1. The van der Waals surface area contributed by atoms with Crippen LogP contribution in [0.2, 0.25) is 0 Å². The minimum Gasteiger partial charge on any atom is -0.388 e. The van der Waals surface area contributed by atoms with Crippen LogP contribution < -0.4 is 0 Å². The summed E-state index contributed by atoms with van der Waals surface area (Å²) >= 11 is 0. The van der Waals surface area contributed by atoms with Gasteiger partial charge in [-0.25, -0.2) is 4.39 Å². The van der Waals surface area contributed by atoms with Gasteiger partial charge in [-0.1, -0.05) is 32.4 Å². The molecule has 0 aliphatic heterocycles. The molecule has 0 heterocycles. The molecular formula is C15H24FNO. The first-order chi connectivity index (χ1) is 8.67. The summed E-state index contributed by atoms with van der Waals surface area (Å²) in [6.07, 6.45) is 2.59. The quantitative estimate of drug-likeness (QED) is 0.768. The summed E-state index contributed by atoms with van der Waals surface area (Å²) < 4.78 is 12.8. The van der Waals surface area contributed by atoms with E-state index < -0.39 is 6.10 Å². The smallest absolute Gasteiger partial charge is 0.123 e. The summed E-state index contributed by atoms with van der Waals surface area (Å²) in [6, 6.07) is 6.10. The maximum atomic E-state index is 12.8. The van der Waals surface area contributed by atoms with E-state index in [1.807, 2.05) is 0 Å². The highest BCUT2D eigenvalue weighted by atomic mass is 19.1. The maximum Gasteiger partial charge on any atom is 0.123 e. The Labute approximate surface area is 109 Å². The topological polar surface area (TPSA) is 23.5 Å². The second-order valence-corrected chi connectivity index (χ2v) is 4.64. The van der Waals surface area contributed by atoms with Crippen molar-refractivity contribution < 1.29 is 9.50 Å². The molecule has 3 heteroatoms. The Morgan fingerprint density at radius 3 is 2.39 bits per heavy atom. The Hall–Kier alpha value is -0.930. The molecule has 0 saturated carbocycles. The van der Waals surface area contributed by atoms with Crippen LogP contribution in [0.5, 0.6) is 0 Å². The van der Waals surface area contributed by atoms with E-state index >= 15 is 0 Å². The molecule has 1 unspecified atom stereocenters. The van der Waals surface area contributed by atoms with E-state index in [0.29, 0.717) is 6.42 Å². The van der Waals surface area contributed by atoms with Crippen molar-refractivity contribution in [2.75, 3.05) is 19.6 Å². The van der Waals surface area contributed by atoms with Crippen LogP contribution in [0.25, 0.3) is 0 Å². The molecule has 1 aromatic carbocycles. The van der Waals surface area contributed by atoms with Gasteiger partial charge in [0, 0.05) is 6.54 Å². The molecule has 102 valence electrons. The van der Waals surface area contributed by atoms with Crippen LogP contribution in [-0.2, 0) is 0 Å². The lowest BCUT2D eigenvalue weighted by Crippen LogP contribution is -2.26. The molecule has 0 amide bonds. The van der Waals surface area contributed by atoms with E-state index in [1.54, 1.807) is 12.1 Å². The summed E-state index contributed by atoms with van der Waals surface area (Å²) in [5.41, 5.74) is 0.794. The molecule has 0 aromatic heterocycles. The number of nitrogens with zero attached hydrogens (tertiary/aromatic N) is 1. The number of hydrogen-bond donors (Lipinski definition) is 1. The van der Waals surface area contributed by atoms with Gasteiger partial charge in [0.2, 0.25) is 0 Å². The minimum atomic E-state index is -0.499. The number of benzene rings is 1. The second kappa shape index (κ2) is 8.22. The zero-order valence-corrected chi connectivity index (χ0v) is 11.4. The first-order valence-electron chi connectivity index (χ1n) is 6.83. The van der Waals surface area contributed by atoms with Gasteiger partial charge in [-0.15, -0.1) is 0 Å². The second-order valence-electron chi connectivity index (χ2n) is 4.64. The first-order valence-corrected chi connectivity index (χ1v) is 6.83. The van der Waals surface area contributed by atoms with Crippen LogP contribution >= 0.6 is 0 Å². The van der Waals surface area contributed by atoms with Crippen LogP contribution in [0.1, 0.15) is 44.8 Å². The highest BCUT2D eigenvalue weighted by Crippen LogP contribution is 2.17. The van der Waals surface area contributed by atoms with Gasteiger partial charge in [-0.3, -0.25) is 0 Å². The third-order valence-electron chi connectivity index (χ3n) is 3.25. The Balaban J connectivity index is 2.39. The zero-order chi connectivity index (χ0) is 13.4. The average molecular weight is 253 g/mol. The third kappa shape index (κ3) is 5.15. The fourth-order valence-corrected chi connectivity index (χ4v) is 1.97. The van der Waals surface area contributed by atoms with Crippen LogP contribution in [0, 0.1) is 5.82 Å². The average Bonchev–Trinajstić information content (AvgIpc) is 2.39. The third-order valence-corrected chi connectivity index (χ3v) is 3.25. The summed E-state index contributed by atoms with van der Waals surface area (Å²) in [6.45, 7) is 7.30. The van der Waals surface area contributed by atoms with Crippen LogP contribution in [0.4, 0.5) is 4.39 Å². The van der Waals surface area contributed by atoms with Crippen molar-refractivity contribution in [3.8, 4) is 0 Å². The monoisotopic (exact) mass is 253 g/mol. The zero-order valence-electron chi connectivity index (χ0n) is 11.4. The van der Waals surface area contributed by atoms with E-state index in [-0.39, 0.29) is 5.82 Å². The molecule has 1 aromatic rings. The lowest BCUT2D eigenvalue weighted by molar-refractivity contribution is 0.143. The SMILES string of the molecule is CCCCN(CC)CCC(O)c1ccc(F)cc1. The molecule has 0 aliphatic rings. The summed E-state index contributed by atoms with van der Waals surface area (Å²) in [4.78, 5) is 2.34. The van der Waals surface area contributed by atoms with Gasteiger partial charge in [-0.05, 0) is 43.6 Å². The molecule has 0 fully saturated rings. The van der Waals surface area contributed by atoms with Crippen molar-refractivity contribution in [1.29, 1.82) is 0 Å². The van der Waals surface area contributed by atoms with Crippen molar-refractivity contribution in [2.45, 2.75) is 39.2 Å². The Kier molecular flexibility index (Phi) is 6.91. The minimum absolute atomic E-state index is 0.260. The summed E-state index contributed by atoms with van der Waals surface area (Å²) in [5, 5.41) is 10.0. The molecule has 2 nitrogen and oxygen atoms in total. The predicted octanol–water partition coefficient (Wildman–Crippen LogP) is 3.37. The van der Waals surface area contributed by atoms with E-state index in [1.165, 1.54) is 25.0 Å². The summed E-state index contributed by atoms with van der Waals surface area (Å²) in [5.74, 6) is -0.260. The summed E-state index contributed by atoms with van der Waals surface area (Å²) in [7, 11) is 0. The molecule has 0 bridgehead atoms. The van der Waals surface area contributed by atoms with Gasteiger partial charge in [0.05, 0.1) is 6.10 Å². The van der Waals surface area contributed by atoms with Crippen LogP contribution in [0.3, 0.4) is 0 Å². The molecule has 0 saturated heterocycles. The van der Waals surface area contributed by atoms with E-state index in [4.69, 9.17) is 0 Å². The number of unbranched alkanes of at least 4 members (excludes halogenated alkanes) is 1. The van der Waals surface area contributed by atoms with Crippen LogP contribution in [0.15, 0.2) is 24.3 Å². The highest BCUT2D eigenvalue weighted by molar-refractivity contribution is 5.18. The molecule has 0 aliphatic carbocycles. The lowest BCUT2D eigenvalue weighted by Gasteiger charge is -2.21. The van der Waals surface area contributed by atoms with E-state index in [9.17, 15) is 9.50 Å². The lowest BCUT2D eigenvalue weighted by atomic mass is 10.1. The Bertz CT molecular complexity index is 326. The van der Waals surface area contributed by atoms with Crippen molar-refractivity contribution >= 4 is 0 Å². The number of halogens is 1. The van der Waals surface area contributed by atoms with Gasteiger partial charge in [-0.2, -0.15) is 0 Å². The molecule has 18 heavy (non-hydrogen) atoms. The van der Waals surface area contributed by atoms with Gasteiger partial charge in [0.1, 0.15) is 5.82 Å². The standard InChI is InChI=1S/C15H24FNO/c1-3-5-11-17(4-2)12-10-15(18)13-6-8-14(16)9-7-13/h6-9,15,18H,3-5,10-12H2,1-2H3. The van der Waals surface area contributed by atoms with Crippen molar-refractivity contribution in [2.24, 2.45) is 0 Å². The van der Waals surface area contributed by atoms with Crippen LogP contribution in [-0.4, -0.2) is 29.6 Å². The number of hydrogen-bond acceptors (Lipinski definition) is 2. The maximum absolute atomic E-state index is 12.8. The van der Waals surface area contributed by atoms with E-state index in [0.717, 1.165) is 25.2 Å². The first kappa shape index (κ1) is 15.1. The number of aliphatic hydroxyl groups is 1. The molecule has 0 radical (unpaired) electrons. The van der Waals surface area contributed by atoms with Crippen molar-refractivity contribution in [3.05, 3.63) is 35.6 Å². The Morgan fingerprint density at radius 2 is 1.83 bits per heavy atom. The fourth-order valence-electron chi connectivity index (χ4n) is 1.97. The Morgan fingerprint density at radius 1 is 1.17 bits per heavy atom. The normalized spacial score (nSPS) is 12.9. The predicted molar refractivity (Wildman–Crippen MR) is 73.0 cm³/mol. The van der Waals surface area contributed by atoms with Gasteiger partial charge >= 0.3 is 0 Å². The molecule has 1 atom stereocenters. The van der Waals surface area contributed by atoms with Gasteiger partial charge in [0.15, 0.2) is 0 Å². The molecule has 1 N–H and O–H groups in total. The van der Waals surface area contributed by atoms with Gasteiger partial charge in [0.25, 0.3) is 0 Å². The molecule has 0 spiro atoms. The fraction of sp³-hybridized carbons (Fsp3) is 0.600. The number of rotatable bonds is 8. The molecule has 1 rings (SSSR count). The largest absolute Gasteiger partial charge is 0.388 e. The van der Waals surface area contributed by atoms with Gasteiger partial charge < -0.3 is 10.0 Å².